The molecule has 0 radical (unpaired) electrons. The zero-order chi connectivity index (χ0) is 21.8. The zero-order valence-corrected chi connectivity index (χ0v) is 17.0. The van der Waals surface area contributed by atoms with Crippen molar-refractivity contribution in [2.75, 3.05) is 7.11 Å². The number of rotatable bonds is 7. The molecule has 3 rings (SSSR count). The number of amides is 1. The predicted octanol–water partition coefficient (Wildman–Crippen LogP) is 1.96. The van der Waals surface area contributed by atoms with Gasteiger partial charge in [-0.3, -0.25) is 4.79 Å². The Balaban J connectivity index is 1.80. The van der Waals surface area contributed by atoms with Crippen LogP contribution in [0, 0.1) is 13.8 Å². The molecular weight excluding hydrogens is 386 g/mol. The summed E-state index contributed by atoms with van der Waals surface area (Å²) in [5, 5.41) is 14.7. The number of aliphatic carboxylic acids is 1. The lowest BCUT2D eigenvalue weighted by Crippen LogP contribution is -2.41. The number of carboxylic acids is 1. The third-order valence-corrected chi connectivity index (χ3v) is 5.15. The molecule has 0 aliphatic rings. The molecule has 7 nitrogen and oxygen atoms in total. The van der Waals surface area contributed by atoms with Gasteiger partial charge in [0.25, 0.3) is 0 Å². The largest absolute Gasteiger partial charge is 0.548 e. The van der Waals surface area contributed by atoms with Gasteiger partial charge in [0.1, 0.15) is 11.3 Å². The molecule has 0 spiro atoms. The van der Waals surface area contributed by atoms with Gasteiger partial charge >= 0.3 is 5.63 Å². The van der Waals surface area contributed by atoms with E-state index in [1.54, 1.807) is 57.4 Å². The van der Waals surface area contributed by atoms with Gasteiger partial charge in [0.2, 0.25) is 5.91 Å². The van der Waals surface area contributed by atoms with Gasteiger partial charge in [-0.15, -0.1) is 0 Å². The molecule has 7 heteroatoms. The topological polar surface area (TPSA) is 109 Å². The lowest BCUT2D eigenvalue weighted by atomic mass is 10.00. The van der Waals surface area contributed by atoms with Crippen LogP contribution in [0.2, 0.25) is 0 Å². The Morgan fingerprint density at radius 1 is 1.10 bits per heavy atom. The summed E-state index contributed by atoms with van der Waals surface area (Å²) in [6.45, 7) is 3.60. The first-order valence-electron chi connectivity index (χ1n) is 9.48. The first-order chi connectivity index (χ1) is 14.3. The number of aryl methyl sites for hydroxylation is 2. The average molecular weight is 408 g/mol. The fourth-order valence-electron chi connectivity index (χ4n) is 3.48. The average Bonchev–Trinajstić information content (AvgIpc) is 2.73. The quantitative estimate of drug-likeness (QED) is 0.599. The van der Waals surface area contributed by atoms with E-state index in [1.165, 1.54) is 0 Å². The minimum absolute atomic E-state index is 0.0666. The number of fused-ring (bicyclic) bond motifs is 1. The van der Waals surface area contributed by atoms with Crippen LogP contribution in [0.25, 0.3) is 11.0 Å². The van der Waals surface area contributed by atoms with Crippen molar-refractivity contribution in [3.05, 3.63) is 75.1 Å². The van der Waals surface area contributed by atoms with Gasteiger partial charge in [0, 0.05) is 22.9 Å². The molecule has 1 aromatic heterocycles. The number of carbonyl (C=O) groups is 2. The van der Waals surface area contributed by atoms with Crippen LogP contribution in [0.1, 0.15) is 34.7 Å². The summed E-state index contributed by atoms with van der Waals surface area (Å²) in [6.07, 6.45) is 0.0540. The van der Waals surface area contributed by atoms with Crippen LogP contribution in [0.15, 0.2) is 51.7 Å². The van der Waals surface area contributed by atoms with Crippen molar-refractivity contribution in [1.82, 2.24) is 5.32 Å². The van der Waals surface area contributed by atoms with Gasteiger partial charge in [-0.25, -0.2) is 4.79 Å². The van der Waals surface area contributed by atoms with E-state index in [1.807, 2.05) is 6.07 Å². The van der Waals surface area contributed by atoms with Gasteiger partial charge in [0.15, 0.2) is 0 Å². The molecule has 156 valence electrons. The molecule has 0 aliphatic heterocycles. The number of ether oxygens (including phenoxy) is 1. The van der Waals surface area contributed by atoms with Crippen LogP contribution in [-0.4, -0.2) is 19.0 Å². The van der Waals surface area contributed by atoms with Crippen molar-refractivity contribution in [1.29, 1.82) is 0 Å². The maximum Gasteiger partial charge on any atom is 0.339 e. The fourth-order valence-corrected chi connectivity index (χ4v) is 3.48. The Bertz CT molecular complexity index is 1150. The van der Waals surface area contributed by atoms with E-state index in [2.05, 4.69) is 5.32 Å². The van der Waals surface area contributed by atoms with E-state index in [0.29, 0.717) is 22.5 Å². The van der Waals surface area contributed by atoms with Gasteiger partial charge in [-0.1, -0.05) is 30.3 Å². The van der Waals surface area contributed by atoms with Crippen molar-refractivity contribution in [2.45, 2.75) is 32.7 Å². The summed E-state index contributed by atoms with van der Waals surface area (Å²) < 4.78 is 10.8. The second kappa shape index (κ2) is 8.82. The fraction of sp³-hybridized carbons (Fsp3) is 0.261. The number of hydrogen-bond acceptors (Lipinski definition) is 6. The van der Waals surface area contributed by atoms with E-state index < -0.39 is 23.5 Å². The summed E-state index contributed by atoms with van der Waals surface area (Å²) in [5.74, 6) is -1.29. The molecular formula is C23H22NO6-. The minimum Gasteiger partial charge on any atom is -0.548 e. The standard InChI is InChI=1S/C23H23NO6/c1-13-16-9-11-18(29-3)14(2)21(16)30-23(28)17(13)10-12-19(25)24-20(22(26)27)15-7-5-4-6-8-15/h4-9,11,20H,10,12H2,1-3H3,(H,24,25)(H,26,27)/p-1/t20-/m1/s1. The van der Waals surface area contributed by atoms with Crippen molar-refractivity contribution in [2.24, 2.45) is 0 Å². The Hall–Kier alpha value is -3.61. The molecule has 0 saturated carbocycles. The number of methoxy groups -OCH3 is 1. The maximum atomic E-state index is 12.5. The normalized spacial score (nSPS) is 11.8. The monoisotopic (exact) mass is 408 g/mol. The molecule has 30 heavy (non-hydrogen) atoms. The lowest BCUT2D eigenvalue weighted by Gasteiger charge is -2.20. The molecule has 1 N–H and O–H groups in total. The number of nitrogens with one attached hydrogen (secondary N) is 1. The van der Waals surface area contributed by atoms with Gasteiger partial charge < -0.3 is 24.4 Å². The van der Waals surface area contributed by atoms with Crippen LogP contribution >= 0.6 is 0 Å². The van der Waals surface area contributed by atoms with E-state index in [4.69, 9.17) is 9.15 Å². The highest BCUT2D eigenvalue weighted by atomic mass is 16.5. The number of benzene rings is 2. The highest BCUT2D eigenvalue weighted by Gasteiger charge is 2.18. The summed E-state index contributed by atoms with van der Waals surface area (Å²) in [4.78, 5) is 36.4. The van der Waals surface area contributed by atoms with E-state index in [-0.39, 0.29) is 12.8 Å². The van der Waals surface area contributed by atoms with Crippen LogP contribution < -0.4 is 20.8 Å². The van der Waals surface area contributed by atoms with Crippen LogP contribution in [0.4, 0.5) is 0 Å². The summed E-state index contributed by atoms with van der Waals surface area (Å²) >= 11 is 0. The van der Waals surface area contributed by atoms with E-state index in [0.717, 1.165) is 16.5 Å². The van der Waals surface area contributed by atoms with Gasteiger partial charge in [-0.05, 0) is 43.5 Å². The number of hydrogen-bond donors (Lipinski definition) is 1. The highest BCUT2D eigenvalue weighted by molar-refractivity contribution is 5.86. The molecule has 0 bridgehead atoms. The first kappa shape index (κ1) is 21.1. The predicted molar refractivity (Wildman–Crippen MR) is 109 cm³/mol. The van der Waals surface area contributed by atoms with Crippen molar-refractivity contribution >= 4 is 22.8 Å². The molecule has 0 fully saturated rings. The summed E-state index contributed by atoms with van der Waals surface area (Å²) in [6, 6.07) is 10.6. The summed E-state index contributed by atoms with van der Waals surface area (Å²) in [7, 11) is 1.54. The minimum atomic E-state index is -1.40. The smallest absolute Gasteiger partial charge is 0.339 e. The Kier molecular flexibility index (Phi) is 6.20. The molecule has 1 amide bonds. The Labute approximate surface area is 173 Å². The van der Waals surface area contributed by atoms with Crippen molar-refractivity contribution < 1.29 is 23.8 Å². The third-order valence-electron chi connectivity index (χ3n) is 5.15. The molecule has 1 atom stereocenters. The van der Waals surface area contributed by atoms with E-state index in [9.17, 15) is 19.5 Å². The third kappa shape index (κ3) is 4.20. The number of carbonyl (C=O) groups excluding carboxylic acids is 2. The molecule has 3 aromatic rings. The Morgan fingerprint density at radius 2 is 1.80 bits per heavy atom. The zero-order valence-electron chi connectivity index (χ0n) is 17.0. The Morgan fingerprint density at radius 3 is 2.43 bits per heavy atom. The van der Waals surface area contributed by atoms with Crippen molar-refractivity contribution in [3.63, 3.8) is 0 Å². The summed E-state index contributed by atoms with van der Waals surface area (Å²) in [5.41, 5.74) is 2.16. The second-order valence-corrected chi connectivity index (χ2v) is 6.99. The highest BCUT2D eigenvalue weighted by Crippen LogP contribution is 2.29. The lowest BCUT2D eigenvalue weighted by molar-refractivity contribution is -0.308. The van der Waals surface area contributed by atoms with Crippen LogP contribution in [0.3, 0.4) is 0 Å². The molecule has 0 unspecified atom stereocenters. The van der Waals surface area contributed by atoms with Crippen LogP contribution in [0.5, 0.6) is 5.75 Å². The SMILES string of the molecule is COc1ccc2c(C)c(CCC(=O)N[C@@H](C(=O)[O-])c3ccccc3)c(=O)oc2c1C. The van der Waals surface area contributed by atoms with Gasteiger partial charge in [0.05, 0.1) is 19.1 Å². The molecule has 0 aliphatic carbocycles. The van der Waals surface area contributed by atoms with Crippen LogP contribution in [-0.2, 0) is 16.0 Å². The van der Waals surface area contributed by atoms with Gasteiger partial charge in [-0.2, -0.15) is 0 Å². The number of carboxylic acid groups (broad SMARTS) is 1. The first-order valence-corrected chi connectivity index (χ1v) is 9.48. The molecule has 1 heterocycles. The maximum absolute atomic E-state index is 12.5. The van der Waals surface area contributed by atoms with E-state index >= 15 is 0 Å². The molecule has 0 saturated heterocycles. The molecule has 2 aromatic carbocycles. The second-order valence-electron chi connectivity index (χ2n) is 6.99. The van der Waals surface area contributed by atoms with Crippen molar-refractivity contribution in [3.8, 4) is 5.75 Å².